The number of rotatable bonds is 5. The molecule has 0 aliphatic carbocycles. The van der Waals surface area contributed by atoms with Crippen LogP contribution in [-0.2, 0) is 0 Å². The molecule has 0 heterocycles. The maximum atomic E-state index is 11.7. The van der Waals surface area contributed by atoms with Crippen molar-refractivity contribution >= 4 is 11.7 Å². The highest BCUT2D eigenvalue weighted by atomic mass is 16.5. The van der Waals surface area contributed by atoms with Gasteiger partial charge in [0.15, 0.2) is 0 Å². The number of carbonyl (C=O) groups excluding carboxylic acids is 1. The molecule has 0 saturated heterocycles. The Hall–Kier alpha value is -3.13. The number of hydrogen-bond acceptors (Lipinski definition) is 3. The van der Waals surface area contributed by atoms with Crippen LogP contribution in [0.5, 0.6) is 11.5 Å². The second kappa shape index (κ2) is 9.11. The number of nitrogens with one attached hydrogen (secondary N) is 2. The first-order chi connectivity index (χ1) is 11.7. The van der Waals surface area contributed by atoms with Crippen molar-refractivity contribution in [1.82, 2.24) is 5.32 Å². The minimum atomic E-state index is -0.311. The summed E-state index contributed by atoms with van der Waals surface area (Å²) in [5, 5.41) is 5.37. The van der Waals surface area contributed by atoms with Gasteiger partial charge in [0.1, 0.15) is 18.1 Å². The highest BCUT2D eigenvalue weighted by Crippen LogP contribution is 2.15. The molecule has 24 heavy (non-hydrogen) atoms. The molecule has 0 spiro atoms. The van der Waals surface area contributed by atoms with E-state index < -0.39 is 0 Å². The lowest BCUT2D eigenvalue weighted by Gasteiger charge is -2.06. The molecule has 124 valence electrons. The first-order valence-corrected chi connectivity index (χ1v) is 7.52. The van der Waals surface area contributed by atoms with Crippen LogP contribution in [0.25, 0.3) is 0 Å². The molecule has 5 heteroatoms. The molecule has 0 bridgehead atoms. The molecule has 2 aromatic carbocycles. The van der Waals surface area contributed by atoms with E-state index in [1.807, 2.05) is 31.2 Å². The van der Waals surface area contributed by atoms with E-state index in [2.05, 4.69) is 22.5 Å². The summed E-state index contributed by atoms with van der Waals surface area (Å²) < 4.78 is 10.6. The summed E-state index contributed by atoms with van der Waals surface area (Å²) in [6.07, 6.45) is 0. The van der Waals surface area contributed by atoms with Crippen LogP contribution in [0, 0.1) is 18.8 Å². The van der Waals surface area contributed by atoms with Gasteiger partial charge in [-0.25, -0.2) is 4.79 Å². The summed E-state index contributed by atoms with van der Waals surface area (Å²) in [6, 6.07) is 14.5. The minimum absolute atomic E-state index is 0.249. The average molecular weight is 324 g/mol. The predicted molar refractivity (Wildman–Crippen MR) is 94.5 cm³/mol. The molecule has 0 atom stereocenters. The van der Waals surface area contributed by atoms with Crippen molar-refractivity contribution < 1.29 is 14.3 Å². The van der Waals surface area contributed by atoms with Crippen LogP contribution in [-0.4, -0.2) is 26.3 Å². The number of aryl methyl sites for hydroxylation is 1. The molecule has 0 fully saturated rings. The fourth-order valence-electron chi connectivity index (χ4n) is 1.92. The van der Waals surface area contributed by atoms with E-state index in [1.165, 1.54) is 0 Å². The van der Waals surface area contributed by atoms with Crippen LogP contribution >= 0.6 is 0 Å². The van der Waals surface area contributed by atoms with Crippen LogP contribution in [0.3, 0.4) is 0 Å². The molecule has 0 aromatic heterocycles. The molecule has 2 N–H and O–H groups in total. The van der Waals surface area contributed by atoms with Gasteiger partial charge in [-0.1, -0.05) is 30.0 Å². The monoisotopic (exact) mass is 324 g/mol. The maximum Gasteiger partial charge on any atom is 0.319 e. The molecule has 0 aliphatic rings. The summed E-state index contributed by atoms with van der Waals surface area (Å²) in [4.78, 5) is 11.7. The Labute approximate surface area is 142 Å². The van der Waals surface area contributed by atoms with Crippen LogP contribution in [0.15, 0.2) is 48.5 Å². The number of hydrogen-bond donors (Lipinski definition) is 2. The second-order valence-electron chi connectivity index (χ2n) is 4.94. The largest absolute Gasteiger partial charge is 0.497 e. The van der Waals surface area contributed by atoms with Crippen LogP contribution in [0.2, 0.25) is 0 Å². The van der Waals surface area contributed by atoms with E-state index in [9.17, 15) is 4.79 Å². The zero-order valence-electron chi connectivity index (χ0n) is 13.8. The van der Waals surface area contributed by atoms with Gasteiger partial charge in [0.25, 0.3) is 0 Å². The van der Waals surface area contributed by atoms with Gasteiger partial charge < -0.3 is 20.1 Å². The zero-order chi connectivity index (χ0) is 17.2. The lowest BCUT2D eigenvalue weighted by Crippen LogP contribution is -2.28. The topological polar surface area (TPSA) is 59.6 Å². The number of methoxy groups -OCH3 is 1. The van der Waals surface area contributed by atoms with E-state index in [-0.39, 0.29) is 19.2 Å². The zero-order valence-corrected chi connectivity index (χ0v) is 13.8. The molecule has 0 saturated carbocycles. The van der Waals surface area contributed by atoms with Gasteiger partial charge in [0.05, 0.1) is 13.7 Å². The molecule has 2 aromatic rings. The molecule has 2 amide bonds. The van der Waals surface area contributed by atoms with Gasteiger partial charge in [-0.05, 0) is 42.8 Å². The number of para-hydroxylation sites is 1. The van der Waals surface area contributed by atoms with Crippen LogP contribution in [0.1, 0.15) is 5.56 Å². The lowest BCUT2D eigenvalue weighted by atomic mass is 10.2. The van der Waals surface area contributed by atoms with Crippen molar-refractivity contribution in [1.29, 1.82) is 0 Å². The molecule has 0 aliphatic heterocycles. The van der Waals surface area contributed by atoms with E-state index in [4.69, 9.17) is 9.47 Å². The van der Waals surface area contributed by atoms with E-state index in [0.29, 0.717) is 5.69 Å². The summed E-state index contributed by atoms with van der Waals surface area (Å²) in [5.74, 6) is 7.26. The second-order valence-corrected chi connectivity index (χ2v) is 4.94. The Morgan fingerprint density at radius 3 is 2.54 bits per heavy atom. The van der Waals surface area contributed by atoms with Crippen molar-refractivity contribution in [3.63, 3.8) is 0 Å². The van der Waals surface area contributed by atoms with Gasteiger partial charge in [0, 0.05) is 5.69 Å². The number of amides is 2. The summed E-state index contributed by atoms with van der Waals surface area (Å²) in [5.41, 5.74) is 1.75. The number of benzene rings is 2. The molecule has 5 nitrogen and oxygen atoms in total. The van der Waals surface area contributed by atoms with Crippen molar-refractivity contribution in [2.45, 2.75) is 6.92 Å². The van der Waals surface area contributed by atoms with Gasteiger partial charge in [0.2, 0.25) is 0 Å². The highest BCUT2D eigenvalue weighted by molar-refractivity contribution is 5.89. The van der Waals surface area contributed by atoms with Crippen molar-refractivity contribution in [3.8, 4) is 23.3 Å². The Morgan fingerprint density at radius 2 is 1.83 bits per heavy atom. The average Bonchev–Trinajstić information content (AvgIpc) is 2.60. The summed E-state index contributed by atoms with van der Waals surface area (Å²) in [7, 11) is 1.59. The van der Waals surface area contributed by atoms with Crippen LogP contribution in [0.4, 0.5) is 10.5 Å². The van der Waals surface area contributed by atoms with E-state index in [1.54, 1.807) is 31.4 Å². The third-order valence-corrected chi connectivity index (χ3v) is 3.20. The normalized spacial score (nSPS) is 9.42. The van der Waals surface area contributed by atoms with Crippen LogP contribution < -0.4 is 20.1 Å². The highest BCUT2D eigenvalue weighted by Gasteiger charge is 2.00. The standard InChI is InChI=1S/C19H20N2O3/c1-15-7-3-4-8-18(15)24-14-6-5-13-20-19(22)21-16-9-11-17(23-2)12-10-16/h3-4,7-12H,13-14H2,1-2H3,(H2,20,21,22). The third kappa shape index (κ3) is 5.58. The van der Waals surface area contributed by atoms with Crippen molar-refractivity contribution in [2.75, 3.05) is 25.6 Å². The van der Waals surface area contributed by atoms with Crippen molar-refractivity contribution in [2.24, 2.45) is 0 Å². The Morgan fingerprint density at radius 1 is 1.08 bits per heavy atom. The van der Waals surface area contributed by atoms with E-state index >= 15 is 0 Å². The fourth-order valence-corrected chi connectivity index (χ4v) is 1.92. The van der Waals surface area contributed by atoms with Gasteiger partial charge in [-0.15, -0.1) is 0 Å². The third-order valence-electron chi connectivity index (χ3n) is 3.20. The number of carbonyl (C=O) groups is 1. The number of anilines is 1. The molecular formula is C19H20N2O3. The fraction of sp³-hybridized carbons (Fsp3) is 0.211. The quantitative estimate of drug-likeness (QED) is 0.830. The van der Waals surface area contributed by atoms with Gasteiger partial charge in [-0.2, -0.15) is 0 Å². The smallest absolute Gasteiger partial charge is 0.319 e. The predicted octanol–water partition coefficient (Wildman–Crippen LogP) is 3.21. The number of ether oxygens (including phenoxy) is 2. The summed E-state index contributed by atoms with van der Waals surface area (Å²) >= 11 is 0. The first-order valence-electron chi connectivity index (χ1n) is 7.52. The first kappa shape index (κ1) is 17.2. The van der Waals surface area contributed by atoms with Gasteiger partial charge in [-0.3, -0.25) is 0 Å². The Balaban J connectivity index is 1.68. The molecule has 0 unspecified atom stereocenters. The molecule has 0 radical (unpaired) electrons. The molecular weight excluding hydrogens is 304 g/mol. The number of urea groups is 1. The van der Waals surface area contributed by atoms with Crippen molar-refractivity contribution in [3.05, 3.63) is 54.1 Å². The minimum Gasteiger partial charge on any atom is -0.497 e. The van der Waals surface area contributed by atoms with Gasteiger partial charge >= 0.3 is 6.03 Å². The SMILES string of the molecule is COc1ccc(NC(=O)NCC#CCOc2ccccc2C)cc1. The lowest BCUT2D eigenvalue weighted by molar-refractivity contribution is 0.253. The summed E-state index contributed by atoms with van der Waals surface area (Å²) in [6.45, 7) is 2.51. The molecule has 2 rings (SSSR count). The Kier molecular flexibility index (Phi) is 6.54. The van der Waals surface area contributed by atoms with E-state index in [0.717, 1.165) is 17.1 Å². The Bertz CT molecular complexity index is 730. The maximum absolute atomic E-state index is 11.7.